The van der Waals surface area contributed by atoms with Crippen molar-refractivity contribution < 1.29 is 9.15 Å². The highest BCUT2D eigenvalue weighted by Gasteiger charge is 2.06. The van der Waals surface area contributed by atoms with Crippen molar-refractivity contribution in [2.45, 2.75) is 26.4 Å². The van der Waals surface area contributed by atoms with Gasteiger partial charge in [0.1, 0.15) is 0 Å². The maximum Gasteiger partial charge on any atom is 0.315 e. The van der Waals surface area contributed by atoms with Gasteiger partial charge in [0.15, 0.2) is 0 Å². The molecule has 0 aliphatic rings. The molecule has 86 valence electrons. The lowest BCUT2D eigenvalue weighted by Crippen LogP contribution is -2.19. The first-order valence-corrected chi connectivity index (χ1v) is 5.53. The smallest absolute Gasteiger partial charge is 0.315 e. The molecule has 0 saturated heterocycles. The molecule has 15 heavy (non-hydrogen) atoms. The molecule has 0 fully saturated rings. The van der Waals surface area contributed by atoms with Gasteiger partial charge in [0.05, 0.1) is 6.10 Å². The topological polar surface area (TPSA) is 60.2 Å². The Bertz CT molecular complexity index is 280. The number of rotatable bonds is 7. The summed E-state index contributed by atoms with van der Waals surface area (Å²) in [4.78, 5) is 0. The third-order valence-electron chi connectivity index (χ3n) is 1.77. The number of aryl methyl sites for hydroxylation is 1. The van der Waals surface area contributed by atoms with Gasteiger partial charge in [-0.05, 0) is 13.8 Å². The molecule has 0 aliphatic carbocycles. The van der Waals surface area contributed by atoms with Gasteiger partial charge in [0.25, 0.3) is 0 Å². The van der Waals surface area contributed by atoms with E-state index in [4.69, 9.17) is 20.8 Å². The number of nitrogens with zero attached hydrogens (tertiary/aromatic N) is 2. The minimum Gasteiger partial charge on any atom is -0.408 e. The lowest BCUT2D eigenvalue weighted by molar-refractivity contribution is 0.0851. The second-order valence-electron chi connectivity index (χ2n) is 3.09. The summed E-state index contributed by atoms with van der Waals surface area (Å²) in [6.07, 6.45) is 0.718. The van der Waals surface area contributed by atoms with Gasteiger partial charge in [-0.25, -0.2) is 0 Å². The molecule has 1 aromatic heterocycles. The average Bonchev–Trinajstić information content (AvgIpc) is 2.64. The molecule has 1 aromatic rings. The first-order chi connectivity index (χ1) is 7.26. The maximum atomic E-state index is 5.55. The van der Waals surface area contributed by atoms with Crippen LogP contribution >= 0.6 is 11.6 Å². The fourth-order valence-electron chi connectivity index (χ4n) is 1.08. The number of anilines is 1. The van der Waals surface area contributed by atoms with Crippen molar-refractivity contribution in [3.8, 4) is 0 Å². The highest BCUT2D eigenvalue weighted by atomic mass is 35.5. The molecule has 5 nitrogen and oxygen atoms in total. The van der Waals surface area contributed by atoms with E-state index in [1.807, 2.05) is 13.8 Å². The van der Waals surface area contributed by atoms with Gasteiger partial charge >= 0.3 is 6.01 Å². The SMILES string of the molecule is CCOC(C)CNc1nnc(CCCl)o1. The van der Waals surface area contributed by atoms with E-state index < -0.39 is 0 Å². The zero-order chi connectivity index (χ0) is 11.1. The van der Waals surface area contributed by atoms with E-state index in [1.165, 1.54) is 0 Å². The molecule has 0 radical (unpaired) electrons. The van der Waals surface area contributed by atoms with Crippen LogP contribution in [0.1, 0.15) is 19.7 Å². The number of hydrogen-bond acceptors (Lipinski definition) is 5. The standard InChI is InChI=1S/C9H16ClN3O2/c1-3-14-7(2)6-11-9-13-12-8(15-9)4-5-10/h7H,3-6H2,1-2H3,(H,11,13). The van der Waals surface area contributed by atoms with Crippen LogP contribution in [0.2, 0.25) is 0 Å². The predicted octanol–water partition coefficient (Wildman–Crippen LogP) is 1.69. The number of halogens is 1. The van der Waals surface area contributed by atoms with Crippen molar-refractivity contribution in [2.75, 3.05) is 24.3 Å². The number of nitrogens with one attached hydrogen (secondary N) is 1. The molecule has 0 amide bonds. The van der Waals surface area contributed by atoms with Crippen molar-refractivity contribution in [3.63, 3.8) is 0 Å². The summed E-state index contributed by atoms with van der Waals surface area (Å²) >= 11 is 5.55. The molecule has 1 N–H and O–H groups in total. The Kier molecular flexibility index (Phi) is 5.42. The van der Waals surface area contributed by atoms with Crippen molar-refractivity contribution in [2.24, 2.45) is 0 Å². The number of aromatic nitrogens is 2. The summed E-state index contributed by atoms with van der Waals surface area (Å²) in [5.41, 5.74) is 0. The average molecular weight is 234 g/mol. The van der Waals surface area contributed by atoms with Crippen LogP contribution in [-0.2, 0) is 11.2 Å². The summed E-state index contributed by atoms with van der Waals surface area (Å²) in [6, 6.07) is 0.418. The van der Waals surface area contributed by atoms with Crippen LogP contribution in [-0.4, -0.2) is 35.3 Å². The van der Waals surface area contributed by atoms with Crippen LogP contribution < -0.4 is 5.32 Å². The molecule has 0 bridgehead atoms. The predicted molar refractivity (Wildman–Crippen MR) is 58.3 cm³/mol. The van der Waals surface area contributed by atoms with Crippen LogP contribution in [0.5, 0.6) is 0 Å². The van der Waals surface area contributed by atoms with Crippen LogP contribution in [0.3, 0.4) is 0 Å². The normalized spacial score (nSPS) is 12.7. The minimum atomic E-state index is 0.123. The fourth-order valence-corrected chi connectivity index (χ4v) is 1.24. The van der Waals surface area contributed by atoms with Crippen molar-refractivity contribution in [3.05, 3.63) is 5.89 Å². The summed E-state index contributed by atoms with van der Waals surface area (Å²) < 4.78 is 10.6. The van der Waals surface area contributed by atoms with Gasteiger partial charge in [-0.15, -0.1) is 16.7 Å². The zero-order valence-electron chi connectivity index (χ0n) is 8.99. The second kappa shape index (κ2) is 6.63. The third-order valence-corrected chi connectivity index (χ3v) is 1.96. The van der Waals surface area contributed by atoms with Gasteiger partial charge in [0.2, 0.25) is 5.89 Å². The molecule has 1 heterocycles. The van der Waals surface area contributed by atoms with Crippen molar-refractivity contribution in [1.29, 1.82) is 0 Å². The number of ether oxygens (including phenoxy) is 1. The first-order valence-electron chi connectivity index (χ1n) is 5.00. The molecule has 1 unspecified atom stereocenters. The van der Waals surface area contributed by atoms with Crippen LogP contribution in [0.25, 0.3) is 0 Å². The van der Waals surface area contributed by atoms with Crippen molar-refractivity contribution in [1.82, 2.24) is 10.2 Å². The fraction of sp³-hybridized carbons (Fsp3) is 0.778. The number of hydrogen-bond donors (Lipinski definition) is 1. The molecule has 1 atom stereocenters. The van der Waals surface area contributed by atoms with E-state index in [2.05, 4.69) is 15.5 Å². The Labute approximate surface area is 94.2 Å². The maximum absolute atomic E-state index is 5.55. The van der Waals surface area contributed by atoms with E-state index in [0.717, 1.165) is 0 Å². The van der Waals surface area contributed by atoms with Crippen LogP contribution in [0.15, 0.2) is 4.42 Å². The highest BCUT2D eigenvalue weighted by molar-refractivity contribution is 6.17. The largest absolute Gasteiger partial charge is 0.408 e. The Hall–Kier alpha value is -0.810. The molecule has 0 saturated carbocycles. The van der Waals surface area contributed by atoms with Gasteiger partial charge in [-0.3, -0.25) is 0 Å². The van der Waals surface area contributed by atoms with Gasteiger partial charge in [0, 0.05) is 25.5 Å². The third kappa shape index (κ3) is 4.48. The minimum absolute atomic E-state index is 0.123. The molecule has 0 spiro atoms. The molecule has 0 aliphatic heterocycles. The highest BCUT2D eigenvalue weighted by Crippen LogP contribution is 2.06. The monoisotopic (exact) mass is 233 g/mol. The van der Waals surface area contributed by atoms with E-state index in [-0.39, 0.29) is 6.10 Å². The molecular formula is C9H16ClN3O2. The lowest BCUT2D eigenvalue weighted by atomic mass is 10.4. The van der Waals surface area contributed by atoms with E-state index in [0.29, 0.717) is 37.4 Å². The number of alkyl halides is 1. The Morgan fingerprint density at radius 1 is 1.53 bits per heavy atom. The summed E-state index contributed by atoms with van der Waals surface area (Å²) in [5, 5.41) is 10.7. The molecule has 6 heteroatoms. The van der Waals surface area contributed by atoms with Crippen LogP contribution in [0.4, 0.5) is 6.01 Å². The molecular weight excluding hydrogens is 218 g/mol. The molecule has 0 aromatic carbocycles. The van der Waals surface area contributed by atoms with Gasteiger partial charge in [-0.2, -0.15) is 0 Å². The lowest BCUT2D eigenvalue weighted by Gasteiger charge is -2.10. The summed E-state index contributed by atoms with van der Waals surface area (Å²) in [7, 11) is 0. The zero-order valence-corrected chi connectivity index (χ0v) is 9.75. The van der Waals surface area contributed by atoms with E-state index in [1.54, 1.807) is 0 Å². The Morgan fingerprint density at radius 3 is 3.00 bits per heavy atom. The Balaban J connectivity index is 2.30. The van der Waals surface area contributed by atoms with E-state index in [9.17, 15) is 0 Å². The quantitative estimate of drug-likeness (QED) is 0.727. The summed E-state index contributed by atoms with van der Waals surface area (Å²) in [6.45, 7) is 5.29. The second-order valence-corrected chi connectivity index (χ2v) is 3.46. The van der Waals surface area contributed by atoms with Crippen LogP contribution in [0, 0.1) is 0 Å². The van der Waals surface area contributed by atoms with E-state index >= 15 is 0 Å². The first kappa shape index (κ1) is 12.3. The van der Waals surface area contributed by atoms with Crippen molar-refractivity contribution >= 4 is 17.6 Å². The van der Waals surface area contributed by atoms with Gasteiger partial charge in [-0.1, -0.05) is 5.10 Å². The summed E-state index contributed by atoms with van der Waals surface area (Å²) in [5.74, 6) is 1.04. The Morgan fingerprint density at radius 2 is 2.33 bits per heavy atom. The van der Waals surface area contributed by atoms with Gasteiger partial charge < -0.3 is 14.5 Å². The molecule has 1 rings (SSSR count).